The highest BCUT2D eigenvalue weighted by Crippen LogP contribution is 2.21. The van der Waals surface area contributed by atoms with Gasteiger partial charge in [0.2, 0.25) is 0 Å². The average Bonchev–Trinajstić information content (AvgIpc) is 2.82. The number of thiazole rings is 1. The van der Waals surface area contributed by atoms with Gasteiger partial charge in [0, 0.05) is 22.5 Å². The molecule has 3 nitrogen and oxygen atoms in total. The second-order valence-corrected chi connectivity index (χ2v) is 5.67. The zero-order chi connectivity index (χ0) is 13.7. The molecule has 98 valence electrons. The first kappa shape index (κ1) is 13.9. The Morgan fingerprint density at radius 2 is 2.32 bits per heavy atom. The summed E-state index contributed by atoms with van der Waals surface area (Å²) in [6, 6.07) is 7.73. The predicted molar refractivity (Wildman–Crippen MR) is 76.8 cm³/mol. The Hall–Kier alpha value is -1.57. The normalized spacial score (nSPS) is 10.2. The van der Waals surface area contributed by atoms with E-state index in [1.165, 1.54) is 0 Å². The third-order valence-corrected chi connectivity index (χ3v) is 4.05. The minimum absolute atomic E-state index is 0.425. The van der Waals surface area contributed by atoms with Crippen molar-refractivity contribution in [3.05, 3.63) is 44.9 Å². The Morgan fingerprint density at radius 1 is 1.47 bits per heavy atom. The Morgan fingerprint density at radius 3 is 3.05 bits per heavy atom. The van der Waals surface area contributed by atoms with Crippen LogP contribution in [0, 0.1) is 18.3 Å². The second-order valence-electron chi connectivity index (χ2n) is 4.06. The monoisotopic (exact) mass is 292 g/mol. The number of halogens is 1. The van der Waals surface area contributed by atoms with Crippen molar-refractivity contribution in [1.29, 1.82) is 5.26 Å². The van der Waals surface area contributed by atoms with Crippen LogP contribution in [0.1, 0.15) is 15.4 Å². The standard InChI is InChI=1S/C14H13ClN2OS/c1-10-8-11(2-3-13(10)15)18-7-5-14-17-9-12(19-14)4-6-16/h2-3,8-9H,4-5,7H2,1H3. The SMILES string of the molecule is Cc1cc(OCCc2ncc(CC#N)s2)ccc1Cl. The van der Waals surface area contributed by atoms with E-state index in [0.717, 1.165) is 32.6 Å². The lowest BCUT2D eigenvalue weighted by Crippen LogP contribution is -2.01. The fraction of sp³-hybridized carbons (Fsp3) is 0.286. The van der Waals surface area contributed by atoms with Crippen molar-refractivity contribution in [2.24, 2.45) is 0 Å². The first-order valence-corrected chi connectivity index (χ1v) is 7.08. The van der Waals surface area contributed by atoms with Gasteiger partial charge in [-0.3, -0.25) is 0 Å². The van der Waals surface area contributed by atoms with Crippen molar-refractivity contribution in [3.63, 3.8) is 0 Å². The van der Waals surface area contributed by atoms with Crippen molar-refractivity contribution in [1.82, 2.24) is 4.98 Å². The van der Waals surface area contributed by atoms with E-state index in [9.17, 15) is 0 Å². The molecule has 0 atom stereocenters. The molecule has 0 saturated heterocycles. The molecule has 0 N–H and O–H groups in total. The van der Waals surface area contributed by atoms with E-state index in [0.29, 0.717) is 13.0 Å². The maximum Gasteiger partial charge on any atom is 0.119 e. The van der Waals surface area contributed by atoms with Gasteiger partial charge in [0.25, 0.3) is 0 Å². The van der Waals surface area contributed by atoms with Gasteiger partial charge < -0.3 is 4.74 Å². The summed E-state index contributed by atoms with van der Waals surface area (Å²) in [4.78, 5) is 5.26. The zero-order valence-electron chi connectivity index (χ0n) is 10.5. The van der Waals surface area contributed by atoms with Crippen LogP contribution in [-0.2, 0) is 12.8 Å². The van der Waals surface area contributed by atoms with Crippen LogP contribution in [0.2, 0.25) is 5.02 Å². The highest BCUT2D eigenvalue weighted by molar-refractivity contribution is 7.11. The van der Waals surface area contributed by atoms with Gasteiger partial charge in [0.1, 0.15) is 5.75 Å². The van der Waals surface area contributed by atoms with Crippen molar-refractivity contribution < 1.29 is 4.74 Å². The minimum Gasteiger partial charge on any atom is -0.493 e. The summed E-state index contributed by atoms with van der Waals surface area (Å²) in [6.07, 6.45) is 2.93. The molecule has 0 aliphatic rings. The van der Waals surface area contributed by atoms with Gasteiger partial charge in [-0.1, -0.05) is 11.6 Å². The summed E-state index contributed by atoms with van der Waals surface area (Å²) in [6.45, 7) is 2.52. The van der Waals surface area contributed by atoms with Crippen molar-refractivity contribution in [2.45, 2.75) is 19.8 Å². The van der Waals surface area contributed by atoms with Gasteiger partial charge in [-0.2, -0.15) is 5.26 Å². The molecule has 0 spiro atoms. The molecule has 1 heterocycles. The van der Waals surface area contributed by atoms with Crippen LogP contribution in [0.5, 0.6) is 5.75 Å². The Kier molecular flexibility index (Phi) is 4.78. The van der Waals surface area contributed by atoms with E-state index in [2.05, 4.69) is 11.1 Å². The van der Waals surface area contributed by atoms with Crippen LogP contribution < -0.4 is 4.74 Å². The van der Waals surface area contributed by atoms with Gasteiger partial charge in [-0.25, -0.2) is 4.98 Å². The van der Waals surface area contributed by atoms with Crippen LogP contribution in [0.15, 0.2) is 24.4 Å². The van der Waals surface area contributed by atoms with Crippen LogP contribution in [-0.4, -0.2) is 11.6 Å². The molecule has 2 rings (SSSR count). The van der Waals surface area contributed by atoms with Crippen molar-refractivity contribution in [2.75, 3.05) is 6.61 Å². The van der Waals surface area contributed by atoms with E-state index in [1.807, 2.05) is 25.1 Å². The number of benzene rings is 1. The van der Waals surface area contributed by atoms with E-state index >= 15 is 0 Å². The predicted octanol–water partition coefficient (Wildman–Crippen LogP) is 3.79. The quantitative estimate of drug-likeness (QED) is 0.842. The summed E-state index contributed by atoms with van der Waals surface area (Å²) in [7, 11) is 0. The maximum atomic E-state index is 8.60. The summed E-state index contributed by atoms with van der Waals surface area (Å²) < 4.78 is 5.66. The third-order valence-electron chi connectivity index (χ3n) is 2.57. The molecule has 2 aromatic rings. The summed E-state index contributed by atoms with van der Waals surface area (Å²) >= 11 is 7.52. The van der Waals surface area contributed by atoms with Crippen LogP contribution in [0.25, 0.3) is 0 Å². The molecule has 0 aliphatic carbocycles. The average molecular weight is 293 g/mol. The lowest BCUT2D eigenvalue weighted by molar-refractivity contribution is 0.321. The van der Waals surface area contributed by atoms with E-state index in [1.54, 1.807) is 17.5 Å². The van der Waals surface area contributed by atoms with Gasteiger partial charge in [0.05, 0.1) is 24.1 Å². The van der Waals surface area contributed by atoms with Gasteiger partial charge in [-0.05, 0) is 30.7 Å². The number of nitriles is 1. The molecule has 5 heteroatoms. The third kappa shape index (κ3) is 3.95. The maximum absolute atomic E-state index is 8.60. The Labute approximate surface area is 121 Å². The fourth-order valence-electron chi connectivity index (χ4n) is 1.59. The minimum atomic E-state index is 0.425. The van der Waals surface area contributed by atoms with Crippen LogP contribution in [0.4, 0.5) is 0 Å². The number of aryl methyl sites for hydroxylation is 1. The number of hydrogen-bond donors (Lipinski definition) is 0. The molecule has 1 aromatic heterocycles. The summed E-state index contributed by atoms with van der Waals surface area (Å²) in [5, 5.41) is 10.3. The summed E-state index contributed by atoms with van der Waals surface area (Å²) in [5.41, 5.74) is 1.00. The zero-order valence-corrected chi connectivity index (χ0v) is 12.1. The number of rotatable bonds is 5. The smallest absolute Gasteiger partial charge is 0.119 e. The molecule has 0 saturated carbocycles. The van der Waals surface area contributed by atoms with Gasteiger partial charge in [0.15, 0.2) is 0 Å². The number of nitrogens with zero attached hydrogens (tertiary/aromatic N) is 2. The number of aromatic nitrogens is 1. The molecule has 0 amide bonds. The molecule has 1 aromatic carbocycles. The number of hydrogen-bond acceptors (Lipinski definition) is 4. The molecule has 0 radical (unpaired) electrons. The van der Waals surface area contributed by atoms with Crippen molar-refractivity contribution in [3.8, 4) is 11.8 Å². The highest BCUT2D eigenvalue weighted by atomic mass is 35.5. The van der Waals surface area contributed by atoms with E-state index in [-0.39, 0.29) is 0 Å². The Balaban J connectivity index is 1.85. The topological polar surface area (TPSA) is 45.9 Å². The van der Waals surface area contributed by atoms with Crippen LogP contribution in [0.3, 0.4) is 0 Å². The first-order chi connectivity index (χ1) is 9.19. The van der Waals surface area contributed by atoms with E-state index < -0.39 is 0 Å². The highest BCUT2D eigenvalue weighted by Gasteiger charge is 2.03. The molecule has 0 unspecified atom stereocenters. The summed E-state index contributed by atoms with van der Waals surface area (Å²) in [5.74, 6) is 0.815. The first-order valence-electron chi connectivity index (χ1n) is 5.88. The molecule has 0 fully saturated rings. The lowest BCUT2D eigenvalue weighted by Gasteiger charge is -2.06. The lowest BCUT2D eigenvalue weighted by atomic mass is 10.2. The molecule has 19 heavy (non-hydrogen) atoms. The van der Waals surface area contributed by atoms with Gasteiger partial charge in [-0.15, -0.1) is 11.3 Å². The Bertz CT molecular complexity index is 604. The molecule has 0 bridgehead atoms. The van der Waals surface area contributed by atoms with Crippen LogP contribution >= 0.6 is 22.9 Å². The fourth-order valence-corrected chi connectivity index (χ4v) is 2.54. The number of ether oxygens (including phenoxy) is 1. The molecular formula is C14H13ClN2OS. The molecular weight excluding hydrogens is 280 g/mol. The van der Waals surface area contributed by atoms with Crippen molar-refractivity contribution >= 4 is 22.9 Å². The second kappa shape index (κ2) is 6.55. The van der Waals surface area contributed by atoms with E-state index in [4.69, 9.17) is 21.6 Å². The van der Waals surface area contributed by atoms with Gasteiger partial charge >= 0.3 is 0 Å². The largest absolute Gasteiger partial charge is 0.493 e. The molecule has 0 aliphatic heterocycles.